The number of sulfonamides is 1. The van der Waals surface area contributed by atoms with Crippen molar-refractivity contribution in [1.29, 1.82) is 0 Å². The van der Waals surface area contributed by atoms with Crippen molar-refractivity contribution in [3.8, 4) is 0 Å². The Bertz CT molecular complexity index is 620. The van der Waals surface area contributed by atoms with Crippen molar-refractivity contribution >= 4 is 16.0 Å². The van der Waals surface area contributed by atoms with E-state index < -0.39 is 16.0 Å². The lowest BCUT2D eigenvalue weighted by atomic mass is 10.1. The quantitative estimate of drug-likeness (QED) is 0.843. The van der Waals surface area contributed by atoms with Gasteiger partial charge in [-0.25, -0.2) is 13.2 Å². The predicted molar refractivity (Wildman–Crippen MR) is 76.3 cm³/mol. The van der Waals surface area contributed by atoms with Gasteiger partial charge in [0.2, 0.25) is 10.0 Å². The summed E-state index contributed by atoms with van der Waals surface area (Å²) in [7, 11) is -2.42. The van der Waals surface area contributed by atoms with E-state index in [2.05, 4.69) is 4.74 Å². The van der Waals surface area contributed by atoms with Crippen molar-refractivity contribution in [1.82, 2.24) is 4.31 Å². The summed E-state index contributed by atoms with van der Waals surface area (Å²) in [5.74, 6) is -0.625. The highest BCUT2D eigenvalue weighted by molar-refractivity contribution is 7.89. The Kier molecular flexibility index (Phi) is 4.97. The van der Waals surface area contributed by atoms with Crippen LogP contribution in [-0.4, -0.2) is 44.0 Å². The van der Waals surface area contributed by atoms with E-state index in [0.717, 1.165) is 19.3 Å². The van der Waals surface area contributed by atoms with Crippen LogP contribution in [0.5, 0.6) is 0 Å². The van der Waals surface area contributed by atoms with E-state index in [0.29, 0.717) is 18.7 Å². The number of aliphatic hydroxyl groups excluding tert-OH is 1. The van der Waals surface area contributed by atoms with Gasteiger partial charge in [-0.05, 0) is 36.6 Å². The average molecular weight is 313 g/mol. The van der Waals surface area contributed by atoms with Crippen LogP contribution in [0.2, 0.25) is 0 Å². The molecule has 1 N–H and O–H groups in total. The third-order valence-corrected chi connectivity index (χ3v) is 5.40. The molecule has 0 atom stereocenters. The lowest BCUT2D eigenvalue weighted by Gasteiger charge is -2.26. The number of hydrogen-bond donors (Lipinski definition) is 1. The van der Waals surface area contributed by atoms with Crippen LogP contribution in [0.1, 0.15) is 35.2 Å². The minimum absolute atomic E-state index is 0.0244. The molecule has 0 saturated carbocycles. The zero-order chi connectivity index (χ0) is 15.5. The fourth-order valence-corrected chi connectivity index (χ4v) is 4.00. The van der Waals surface area contributed by atoms with E-state index in [1.54, 1.807) is 0 Å². The van der Waals surface area contributed by atoms with Crippen molar-refractivity contribution in [2.75, 3.05) is 20.2 Å². The first kappa shape index (κ1) is 15.9. The van der Waals surface area contributed by atoms with Gasteiger partial charge in [0.05, 0.1) is 24.2 Å². The third-order valence-electron chi connectivity index (χ3n) is 3.52. The summed E-state index contributed by atoms with van der Waals surface area (Å²) in [5, 5.41) is 9.26. The maximum Gasteiger partial charge on any atom is 0.337 e. The third kappa shape index (κ3) is 3.42. The molecule has 2 rings (SSSR count). The van der Waals surface area contributed by atoms with Crippen LogP contribution in [-0.2, 0) is 21.4 Å². The van der Waals surface area contributed by atoms with Gasteiger partial charge in [-0.15, -0.1) is 0 Å². The molecule has 1 aliphatic rings. The monoisotopic (exact) mass is 313 g/mol. The van der Waals surface area contributed by atoms with Crippen LogP contribution in [0, 0.1) is 0 Å². The molecule has 1 saturated heterocycles. The van der Waals surface area contributed by atoms with E-state index in [1.807, 2.05) is 0 Å². The number of aliphatic hydroxyl groups is 1. The van der Waals surface area contributed by atoms with Crippen LogP contribution < -0.4 is 0 Å². The molecule has 0 aliphatic carbocycles. The molecule has 0 amide bonds. The maximum atomic E-state index is 12.6. The molecule has 1 heterocycles. The fourth-order valence-electron chi connectivity index (χ4n) is 2.39. The first-order valence-electron chi connectivity index (χ1n) is 6.82. The van der Waals surface area contributed by atoms with Crippen molar-refractivity contribution in [2.24, 2.45) is 0 Å². The van der Waals surface area contributed by atoms with Gasteiger partial charge in [0.15, 0.2) is 0 Å². The maximum absolute atomic E-state index is 12.6. The summed E-state index contributed by atoms with van der Waals surface area (Å²) in [6.45, 7) is 0.631. The molecule has 0 unspecified atom stereocenters. The molecule has 6 nitrogen and oxygen atoms in total. The topological polar surface area (TPSA) is 83.9 Å². The summed E-state index contributed by atoms with van der Waals surface area (Å²) in [6.07, 6.45) is 2.70. The van der Waals surface area contributed by atoms with E-state index >= 15 is 0 Å². The minimum Gasteiger partial charge on any atom is -0.465 e. The number of piperidine rings is 1. The Morgan fingerprint density at radius 3 is 2.48 bits per heavy atom. The molecular formula is C14H19NO5S. The highest BCUT2D eigenvalue weighted by atomic mass is 32.2. The molecule has 0 spiro atoms. The molecule has 1 aromatic carbocycles. The van der Waals surface area contributed by atoms with Crippen LogP contribution >= 0.6 is 0 Å². The first-order valence-corrected chi connectivity index (χ1v) is 8.26. The highest BCUT2D eigenvalue weighted by Gasteiger charge is 2.27. The number of hydrogen-bond acceptors (Lipinski definition) is 5. The zero-order valence-electron chi connectivity index (χ0n) is 11.9. The number of esters is 1. The van der Waals surface area contributed by atoms with Crippen molar-refractivity contribution in [2.45, 2.75) is 30.8 Å². The summed E-state index contributed by atoms with van der Waals surface area (Å²) in [6, 6.07) is 4.13. The summed E-state index contributed by atoms with van der Waals surface area (Å²) in [5.41, 5.74) is 0.494. The molecule has 7 heteroatoms. The van der Waals surface area contributed by atoms with Gasteiger partial charge >= 0.3 is 5.97 Å². The van der Waals surface area contributed by atoms with Crippen LogP contribution in [0.15, 0.2) is 23.1 Å². The molecular weight excluding hydrogens is 294 g/mol. The van der Waals surface area contributed by atoms with Gasteiger partial charge in [0, 0.05) is 13.1 Å². The molecule has 116 valence electrons. The number of rotatable bonds is 4. The zero-order valence-corrected chi connectivity index (χ0v) is 12.7. The van der Waals surface area contributed by atoms with Crippen LogP contribution in [0.3, 0.4) is 0 Å². The average Bonchev–Trinajstić information content (AvgIpc) is 2.54. The minimum atomic E-state index is -3.64. The normalized spacial score (nSPS) is 16.7. The Morgan fingerprint density at radius 2 is 1.90 bits per heavy atom. The second-order valence-corrected chi connectivity index (χ2v) is 6.92. The number of nitrogens with zero attached hydrogens (tertiary/aromatic N) is 1. The number of carbonyl (C=O) groups excluding carboxylic acids is 1. The van der Waals surface area contributed by atoms with Gasteiger partial charge in [-0.1, -0.05) is 6.42 Å². The summed E-state index contributed by atoms with van der Waals surface area (Å²) in [4.78, 5) is 11.6. The lowest BCUT2D eigenvalue weighted by Crippen LogP contribution is -2.35. The van der Waals surface area contributed by atoms with E-state index in [1.165, 1.54) is 29.6 Å². The smallest absolute Gasteiger partial charge is 0.337 e. The molecule has 0 aromatic heterocycles. The number of methoxy groups -OCH3 is 1. The van der Waals surface area contributed by atoms with Gasteiger partial charge in [-0.2, -0.15) is 4.31 Å². The van der Waals surface area contributed by atoms with Crippen molar-refractivity contribution < 1.29 is 23.1 Å². The van der Waals surface area contributed by atoms with E-state index in [-0.39, 0.29) is 17.1 Å². The Balaban J connectivity index is 2.44. The van der Waals surface area contributed by atoms with E-state index in [4.69, 9.17) is 0 Å². The van der Waals surface area contributed by atoms with Gasteiger partial charge in [0.1, 0.15) is 0 Å². The Labute approximate surface area is 124 Å². The van der Waals surface area contributed by atoms with Crippen molar-refractivity contribution in [3.05, 3.63) is 29.3 Å². The van der Waals surface area contributed by atoms with E-state index in [9.17, 15) is 18.3 Å². The summed E-state index contributed by atoms with van der Waals surface area (Å²) < 4.78 is 31.3. The fraction of sp³-hybridized carbons (Fsp3) is 0.500. The molecule has 1 aromatic rings. The second kappa shape index (κ2) is 6.55. The molecule has 1 fully saturated rings. The van der Waals surface area contributed by atoms with Crippen LogP contribution in [0.25, 0.3) is 0 Å². The molecule has 0 bridgehead atoms. The summed E-state index contributed by atoms with van der Waals surface area (Å²) >= 11 is 0. The Morgan fingerprint density at radius 1 is 1.24 bits per heavy atom. The molecule has 1 aliphatic heterocycles. The number of carbonyl (C=O) groups is 1. The van der Waals surface area contributed by atoms with Crippen LogP contribution in [0.4, 0.5) is 0 Å². The standard InChI is InChI=1S/C14H19NO5S/c1-20-14(17)12-7-11(10-16)8-13(9-12)21(18,19)15-5-3-2-4-6-15/h7-9,16H,2-6,10H2,1H3. The Hall–Kier alpha value is -1.44. The van der Waals surface area contributed by atoms with Gasteiger partial charge < -0.3 is 9.84 Å². The number of ether oxygens (including phenoxy) is 1. The molecule has 0 radical (unpaired) electrons. The molecule has 21 heavy (non-hydrogen) atoms. The largest absolute Gasteiger partial charge is 0.465 e. The second-order valence-electron chi connectivity index (χ2n) is 4.98. The SMILES string of the molecule is COC(=O)c1cc(CO)cc(S(=O)(=O)N2CCCCC2)c1. The van der Waals surface area contributed by atoms with Crippen molar-refractivity contribution in [3.63, 3.8) is 0 Å². The lowest BCUT2D eigenvalue weighted by molar-refractivity contribution is 0.0600. The van der Waals surface area contributed by atoms with Gasteiger partial charge in [-0.3, -0.25) is 0 Å². The predicted octanol–water partition coefficient (Wildman–Crippen LogP) is 1.14. The first-order chi connectivity index (χ1) is 9.98. The highest BCUT2D eigenvalue weighted by Crippen LogP contribution is 2.23. The number of benzene rings is 1. The van der Waals surface area contributed by atoms with Gasteiger partial charge in [0.25, 0.3) is 0 Å².